The van der Waals surface area contributed by atoms with E-state index in [1.807, 2.05) is 0 Å². The van der Waals surface area contributed by atoms with Crippen molar-refractivity contribution < 1.29 is 13.6 Å². The van der Waals surface area contributed by atoms with Gasteiger partial charge in [0.05, 0.1) is 21.3 Å². The molecule has 1 aromatic heterocycles. The van der Waals surface area contributed by atoms with Crippen molar-refractivity contribution in [3.63, 3.8) is 0 Å². The summed E-state index contributed by atoms with van der Waals surface area (Å²) in [4.78, 5) is 20.2. The number of aromatic nitrogens is 2. The van der Waals surface area contributed by atoms with E-state index in [1.54, 1.807) is 18.2 Å². The summed E-state index contributed by atoms with van der Waals surface area (Å²) in [5, 5.41) is 5.84. The van der Waals surface area contributed by atoms with Crippen LogP contribution >= 0.6 is 23.2 Å². The summed E-state index contributed by atoms with van der Waals surface area (Å²) < 4.78 is 26.1. The highest BCUT2D eigenvalue weighted by atomic mass is 35.5. The number of benzene rings is 2. The minimum atomic E-state index is -0.996. The fourth-order valence-corrected chi connectivity index (χ4v) is 2.36. The molecule has 0 unspecified atom stereocenters. The largest absolute Gasteiger partial charge is 0.324 e. The van der Waals surface area contributed by atoms with Crippen LogP contribution < -0.4 is 10.6 Å². The van der Waals surface area contributed by atoms with Gasteiger partial charge in [0, 0.05) is 24.1 Å². The molecule has 3 aromatic rings. The number of rotatable bonds is 4. The summed E-state index contributed by atoms with van der Waals surface area (Å²) in [6.07, 6.45) is 2.56. The molecule has 0 saturated carbocycles. The lowest BCUT2D eigenvalue weighted by Gasteiger charge is -2.09. The van der Waals surface area contributed by atoms with Crippen LogP contribution in [0.15, 0.2) is 48.8 Å². The topological polar surface area (TPSA) is 66.9 Å². The minimum Gasteiger partial charge on any atom is -0.324 e. The molecule has 0 fully saturated rings. The molecule has 0 aliphatic rings. The molecule has 0 bridgehead atoms. The molecule has 2 N–H and O–H groups in total. The Balaban J connectivity index is 1.71. The van der Waals surface area contributed by atoms with E-state index in [-0.39, 0.29) is 22.2 Å². The van der Waals surface area contributed by atoms with Crippen molar-refractivity contribution in [1.82, 2.24) is 9.97 Å². The van der Waals surface area contributed by atoms with Gasteiger partial charge in [-0.25, -0.2) is 18.7 Å². The van der Waals surface area contributed by atoms with E-state index in [9.17, 15) is 13.6 Å². The van der Waals surface area contributed by atoms with Crippen molar-refractivity contribution in [2.24, 2.45) is 0 Å². The molecule has 2 aromatic carbocycles. The van der Waals surface area contributed by atoms with Crippen molar-refractivity contribution in [3.05, 3.63) is 76.0 Å². The second-order valence-electron chi connectivity index (χ2n) is 5.10. The van der Waals surface area contributed by atoms with Crippen LogP contribution in [0.4, 0.5) is 26.1 Å². The van der Waals surface area contributed by atoms with Crippen LogP contribution in [0.2, 0.25) is 10.0 Å². The SMILES string of the molecule is O=C(Nc1cccc(Cl)c1Cl)c1cnc(Nc2ccc(F)c(F)c2)nc1. The predicted molar refractivity (Wildman–Crippen MR) is 96.1 cm³/mol. The Labute approximate surface area is 157 Å². The number of halogens is 4. The van der Waals surface area contributed by atoms with E-state index in [0.717, 1.165) is 12.1 Å². The average molecular weight is 395 g/mol. The molecule has 9 heteroatoms. The van der Waals surface area contributed by atoms with Crippen molar-refractivity contribution >= 4 is 46.4 Å². The molecule has 0 radical (unpaired) electrons. The maximum Gasteiger partial charge on any atom is 0.258 e. The van der Waals surface area contributed by atoms with Crippen LogP contribution in [0.3, 0.4) is 0 Å². The normalized spacial score (nSPS) is 10.5. The molecule has 0 spiro atoms. The summed E-state index contributed by atoms with van der Waals surface area (Å²) in [7, 11) is 0. The van der Waals surface area contributed by atoms with Gasteiger partial charge in [0.25, 0.3) is 5.91 Å². The summed E-state index contributed by atoms with van der Waals surface area (Å²) in [6.45, 7) is 0. The first-order valence-electron chi connectivity index (χ1n) is 7.23. The molecule has 0 atom stereocenters. The highest BCUT2D eigenvalue weighted by Crippen LogP contribution is 2.29. The van der Waals surface area contributed by atoms with Gasteiger partial charge in [0.15, 0.2) is 11.6 Å². The molecule has 0 saturated heterocycles. The van der Waals surface area contributed by atoms with Crippen LogP contribution in [-0.2, 0) is 0 Å². The quantitative estimate of drug-likeness (QED) is 0.648. The zero-order chi connectivity index (χ0) is 18.7. The highest BCUT2D eigenvalue weighted by molar-refractivity contribution is 6.44. The number of nitrogens with zero attached hydrogens (tertiary/aromatic N) is 2. The minimum absolute atomic E-state index is 0.119. The van der Waals surface area contributed by atoms with Gasteiger partial charge in [-0.15, -0.1) is 0 Å². The van der Waals surface area contributed by atoms with Crippen molar-refractivity contribution in [3.8, 4) is 0 Å². The third-order valence-electron chi connectivity index (χ3n) is 3.29. The zero-order valence-corrected chi connectivity index (χ0v) is 14.4. The number of anilines is 3. The molecule has 5 nitrogen and oxygen atoms in total. The van der Waals surface area contributed by atoms with E-state index < -0.39 is 17.5 Å². The van der Waals surface area contributed by atoms with Crippen molar-refractivity contribution in [2.75, 3.05) is 10.6 Å². The van der Waals surface area contributed by atoms with Gasteiger partial charge in [0.2, 0.25) is 5.95 Å². The van der Waals surface area contributed by atoms with Crippen LogP contribution in [0, 0.1) is 11.6 Å². The summed E-state index contributed by atoms with van der Waals surface area (Å²) in [5.74, 6) is -2.31. The molecule has 132 valence electrons. The molecule has 1 heterocycles. The number of hydrogen-bond acceptors (Lipinski definition) is 4. The van der Waals surface area contributed by atoms with E-state index in [1.165, 1.54) is 18.5 Å². The standard InChI is InChI=1S/C17H10Cl2F2N4O/c18-11-2-1-3-14(15(11)19)25-16(26)9-7-22-17(23-8-9)24-10-4-5-12(20)13(21)6-10/h1-8H,(H,25,26)(H,22,23,24). The fraction of sp³-hybridized carbons (Fsp3) is 0. The Morgan fingerprint density at radius 1 is 1.00 bits per heavy atom. The molecule has 3 rings (SSSR count). The van der Waals surface area contributed by atoms with Crippen LogP contribution in [0.1, 0.15) is 10.4 Å². The Bertz CT molecular complexity index is 967. The fourth-order valence-electron chi connectivity index (χ4n) is 2.01. The molecule has 0 aliphatic heterocycles. The van der Waals surface area contributed by atoms with E-state index in [4.69, 9.17) is 23.2 Å². The van der Waals surface area contributed by atoms with Gasteiger partial charge in [0.1, 0.15) is 0 Å². The molecule has 0 aliphatic carbocycles. The van der Waals surface area contributed by atoms with Crippen molar-refractivity contribution in [2.45, 2.75) is 0 Å². The Kier molecular flexibility index (Phi) is 5.29. The number of carbonyl (C=O) groups excluding carboxylic acids is 1. The van der Waals surface area contributed by atoms with E-state index in [2.05, 4.69) is 20.6 Å². The first kappa shape index (κ1) is 18.0. The lowest BCUT2D eigenvalue weighted by atomic mass is 10.2. The molecule has 26 heavy (non-hydrogen) atoms. The van der Waals surface area contributed by atoms with Gasteiger partial charge in [-0.05, 0) is 24.3 Å². The Morgan fingerprint density at radius 3 is 2.42 bits per heavy atom. The van der Waals surface area contributed by atoms with Gasteiger partial charge in [-0.1, -0.05) is 29.3 Å². The summed E-state index contributed by atoms with van der Waals surface area (Å²) >= 11 is 11.9. The van der Waals surface area contributed by atoms with E-state index in [0.29, 0.717) is 10.7 Å². The summed E-state index contributed by atoms with van der Waals surface area (Å²) in [6, 6.07) is 8.14. The first-order chi connectivity index (χ1) is 12.4. The third-order valence-corrected chi connectivity index (χ3v) is 4.11. The van der Waals surface area contributed by atoms with Gasteiger partial charge in [-0.3, -0.25) is 4.79 Å². The monoisotopic (exact) mass is 394 g/mol. The number of amides is 1. The zero-order valence-electron chi connectivity index (χ0n) is 12.9. The lowest BCUT2D eigenvalue weighted by molar-refractivity contribution is 0.102. The lowest BCUT2D eigenvalue weighted by Crippen LogP contribution is -2.13. The maximum absolute atomic E-state index is 13.2. The van der Waals surface area contributed by atoms with Gasteiger partial charge < -0.3 is 10.6 Å². The van der Waals surface area contributed by atoms with E-state index >= 15 is 0 Å². The Hall–Kier alpha value is -2.77. The van der Waals surface area contributed by atoms with Crippen LogP contribution in [0.25, 0.3) is 0 Å². The molecule has 1 amide bonds. The first-order valence-corrected chi connectivity index (χ1v) is 7.99. The molecular formula is C17H10Cl2F2N4O. The van der Waals surface area contributed by atoms with Crippen LogP contribution in [-0.4, -0.2) is 15.9 Å². The second kappa shape index (κ2) is 7.63. The highest BCUT2D eigenvalue weighted by Gasteiger charge is 2.12. The van der Waals surface area contributed by atoms with Gasteiger partial charge >= 0.3 is 0 Å². The number of hydrogen-bond donors (Lipinski definition) is 2. The number of nitrogens with one attached hydrogen (secondary N) is 2. The maximum atomic E-state index is 13.2. The van der Waals surface area contributed by atoms with Crippen LogP contribution in [0.5, 0.6) is 0 Å². The number of carbonyl (C=O) groups is 1. The Morgan fingerprint density at radius 2 is 1.73 bits per heavy atom. The smallest absolute Gasteiger partial charge is 0.258 e. The average Bonchev–Trinajstić information content (AvgIpc) is 2.63. The second-order valence-corrected chi connectivity index (χ2v) is 5.89. The third kappa shape index (κ3) is 4.07. The predicted octanol–water partition coefficient (Wildman–Crippen LogP) is 5.06. The van der Waals surface area contributed by atoms with Crippen molar-refractivity contribution in [1.29, 1.82) is 0 Å². The van der Waals surface area contributed by atoms with Gasteiger partial charge in [-0.2, -0.15) is 0 Å². The molecular weight excluding hydrogens is 385 g/mol. The summed E-state index contributed by atoms with van der Waals surface area (Å²) in [5.41, 5.74) is 0.803.